The average molecular weight is 281 g/mol. The van der Waals surface area contributed by atoms with Gasteiger partial charge < -0.3 is 9.47 Å². The number of carbonyl (C=O) groups excluding carboxylic acids is 1. The fourth-order valence-electron chi connectivity index (χ4n) is 1.16. The van der Waals surface area contributed by atoms with Gasteiger partial charge in [0.05, 0.1) is 5.75 Å². The van der Waals surface area contributed by atoms with E-state index in [1.165, 1.54) is 14.0 Å². The molecule has 0 fully saturated rings. The molecule has 6 nitrogen and oxygen atoms in total. The first-order chi connectivity index (χ1) is 8.07. The summed E-state index contributed by atoms with van der Waals surface area (Å²) < 4.78 is 35.4. The summed E-state index contributed by atoms with van der Waals surface area (Å²) in [6.07, 6.45) is 0.382. The first-order valence-electron chi connectivity index (χ1n) is 5.79. The van der Waals surface area contributed by atoms with Crippen LogP contribution in [0.1, 0.15) is 34.1 Å². The maximum atomic E-state index is 11.6. The molecule has 0 spiro atoms. The molecule has 0 radical (unpaired) electrons. The van der Waals surface area contributed by atoms with Crippen molar-refractivity contribution in [2.45, 2.75) is 45.8 Å². The number of sulfonamides is 1. The van der Waals surface area contributed by atoms with E-state index in [1.54, 1.807) is 20.8 Å². The van der Waals surface area contributed by atoms with Crippen molar-refractivity contribution in [2.75, 3.05) is 19.5 Å². The zero-order valence-electron chi connectivity index (χ0n) is 11.6. The Bertz CT molecular complexity index is 358. The average Bonchev–Trinajstić information content (AvgIpc) is 2.14. The second-order valence-corrected chi connectivity index (χ2v) is 6.91. The van der Waals surface area contributed by atoms with Crippen LogP contribution in [0.25, 0.3) is 0 Å². The predicted octanol–water partition coefficient (Wildman–Crippen LogP) is 0.673. The largest absolute Gasteiger partial charge is 0.459 e. The van der Waals surface area contributed by atoms with Gasteiger partial charge in [-0.1, -0.05) is 0 Å². The van der Waals surface area contributed by atoms with E-state index < -0.39 is 27.6 Å². The molecule has 0 amide bonds. The Hall–Kier alpha value is -0.660. The van der Waals surface area contributed by atoms with E-state index in [4.69, 9.17) is 9.47 Å². The van der Waals surface area contributed by atoms with E-state index in [9.17, 15) is 13.2 Å². The van der Waals surface area contributed by atoms with Crippen LogP contribution in [0.15, 0.2) is 0 Å². The number of carbonyl (C=O) groups is 1. The van der Waals surface area contributed by atoms with Crippen molar-refractivity contribution in [1.29, 1.82) is 0 Å². The van der Waals surface area contributed by atoms with Gasteiger partial charge in [-0.05, 0) is 34.1 Å². The van der Waals surface area contributed by atoms with Gasteiger partial charge in [0, 0.05) is 13.7 Å². The van der Waals surface area contributed by atoms with Crippen molar-refractivity contribution >= 4 is 16.0 Å². The fourth-order valence-corrected chi connectivity index (χ4v) is 2.41. The second kappa shape index (κ2) is 7.06. The van der Waals surface area contributed by atoms with Gasteiger partial charge in [0.15, 0.2) is 0 Å². The number of methoxy groups -OCH3 is 1. The first kappa shape index (κ1) is 17.3. The second-order valence-electron chi connectivity index (χ2n) is 5.04. The zero-order valence-corrected chi connectivity index (χ0v) is 12.5. The lowest BCUT2D eigenvalue weighted by atomic mass is 10.2. The summed E-state index contributed by atoms with van der Waals surface area (Å²) in [7, 11) is -1.98. The number of nitrogens with one attached hydrogen (secondary N) is 1. The zero-order chi connectivity index (χ0) is 14.4. The third-order valence-corrected chi connectivity index (χ3v) is 3.42. The third-order valence-electron chi connectivity index (χ3n) is 1.88. The van der Waals surface area contributed by atoms with E-state index in [0.29, 0.717) is 13.0 Å². The Kier molecular flexibility index (Phi) is 6.80. The SMILES string of the molecule is COCCCS(=O)(=O)N[C@H](C)C(=O)OC(C)(C)C. The molecule has 1 N–H and O–H groups in total. The molecule has 0 heterocycles. The summed E-state index contributed by atoms with van der Waals surface area (Å²) in [6, 6.07) is -0.892. The molecule has 0 aromatic carbocycles. The monoisotopic (exact) mass is 281 g/mol. The van der Waals surface area contributed by atoms with E-state index in [0.717, 1.165) is 0 Å². The van der Waals surface area contributed by atoms with Gasteiger partial charge in [-0.25, -0.2) is 13.1 Å². The Morgan fingerprint density at radius 2 is 1.89 bits per heavy atom. The van der Waals surface area contributed by atoms with Crippen LogP contribution in [0.4, 0.5) is 0 Å². The van der Waals surface area contributed by atoms with Crippen LogP contribution in [-0.4, -0.2) is 45.5 Å². The highest BCUT2D eigenvalue weighted by atomic mass is 32.2. The van der Waals surface area contributed by atoms with Crippen LogP contribution in [0.2, 0.25) is 0 Å². The lowest BCUT2D eigenvalue weighted by Gasteiger charge is -2.22. The van der Waals surface area contributed by atoms with E-state index in [2.05, 4.69) is 4.72 Å². The van der Waals surface area contributed by atoms with E-state index in [-0.39, 0.29) is 5.75 Å². The van der Waals surface area contributed by atoms with Gasteiger partial charge in [0.25, 0.3) is 0 Å². The standard InChI is InChI=1S/C11H23NO5S/c1-9(10(13)17-11(2,3)4)12-18(14,15)8-6-7-16-5/h9,12H,6-8H2,1-5H3/t9-/m1/s1. The van der Waals surface area contributed by atoms with Crippen molar-refractivity contribution in [3.8, 4) is 0 Å². The predicted molar refractivity (Wildman–Crippen MR) is 68.7 cm³/mol. The Labute approximate surface area is 109 Å². The van der Waals surface area contributed by atoms with Gasteiger partial charge in [-0.15, -0.1) is 0 Å². The molecule has 7 heteroatoms. The van der Waals surface area contributed by atoms with Crippen molar-refractivity contribution < 1.29 is 22.7 Å². The van der Waals surface area contributed by atoms with Crippen molar-refractivity contribution in [1.82, 2.24) is 4.72 Å². The highest BCUT2D eigenvalue weighted by molar-refractivity contribution is 7.89. The van der Waals surface area contributed by atoms with Gasteiger partial charge in [-0.3, -0.25) is 4.79 Å². The molecule has 0 unspecified atom stereocenters. The molecule has 0 saturated carbocycles. The summed E-state index contributed by atoms with van der Waals surface area (Å²) >= 11 is 0. The maximum Gasteiger partial charge on any atom is 0.324 e. The summed E-state index contributed by atoms with van der Waals surface area (Å²) in [5, 5.41) is 0. The Morgan fingerprint density at radius 3 is 2.33 bits per heavy atom. The fraction of sp³-hybridized carbons (Fsp3) is 0.909. The molecule has 0 aromatic heterocycles. The summed E-state index contributed by atoms with van der Waals surface area (Å²) in [5.41, 5.74) is -0.632. The molecule has 0 rings (SSSR count). The molecule has 0 aliphatic heterocycles. The minimum Gasteiger partial charge on any atom is -0.459 e. The number of hydrogen-bond acceptors (Lipinski definition) is 5. The van der Waals surface area contributed by atoms with Gasteiger partial charge in [0.1, 0.15) is 11.6 Å². The smallest absolute Gasteiger partial charge is 0.324 e. The molecule has 0 saturated heterocycles. The molecule has 0 aliphatic carbocycles. The van der Waals surface area contributed by atoms with E-state index >= 15 is 0 Å². The normalized spacial score (nSPS) is 14.3. The topological polar surface area (TPSA) is 81.7 Å². The highest BCUT2D eigenvalue weighted by Gasteiger charge is 2.25. The summed E-state index contributed by atoms with van der Waals surface area (Å²) in [5.74, 6) is -0.661. The van der Waals surface area contributed by atoms with Crippen molar-refractivity contribution in [2.24, 2.45) is 0 Å². The molecule has 1 atom stereocenters. The lowest BCUT2D eigenvalue weighted by molar-refractivity contribution is -0.156. The third kappa shape index (κ3) is 8.43. The quantitative estimate of drug-likeness (QED) is 0.548. The molecular formula is C11H23NO5S. The maximum absolute atomic E-state index is 11.6. The molecule has 0 bridgehead atoms. The highest BCUT2D eigenvalue weighted by Crippen LogP contribution is 2.08. The number of hydrogen-bond donors (Lipinski definition) is 1. The lowest BCUT2D eigenvalue weighted by Crippen LogP contribution is -2.43. The van der Waals surface area contributed by atoms with Crippen molar-refractivity contribution in [3.63, 3.8) is 0 Å². The van der Waals surface area contributed by atoms with Crippen LogP contribution in [0.5, 0.6) is 0 Å². The van der Waals surface area contributed by atoms with Crippen LogP contribution >= 0.6 is 0 Å². The van der Waals surface area contributed by atoms with Gasteiger partial charge >= 0.3 is 5.97 Å². The first-order valence-corrected chi connectivity index (χ1v) is 7.44. The molecule has 0 aromatic rings. The van der Waals surface area contributed by atoms with E-state index in [1.807, 2.05) is 0 Å². The minimum atomic E-state index is -3.48. The minimum absolute atomic E-state index is 0.0754. The number of rotatable bonds is 7. The van der Waals surface area contributed by atoms with Crippen LogP contribution in [-0.2, 0) is 24.3 Å². The summed E-state index contributed by atoms with van der Waals surface area (Å²) in [4.78, 5) is 11.6. The Morgan fingerprint density at radius 1 is 1.33 bits per heavy atom. The molecule has 18 heavy (non-hydrogen) atoms. The van der Waals surface area contributed by atoms with Crippen LogP contribution < -0.4 is 4.72 Å². The summed E-state index contributed by atoms with van der Waals surface area (Å²) in [6.45, 7) is 7.00. The van der Waals surface area contributed by atoms with Crippen LogP contribution in [0, 0.1) is 0 Å². The number of ether oxygens (including phenoxy) is 2. The Balaban J connectivity index is 4.29. The molecular weight excluding hydrogens is 258 g/mol. The molecule has 0 aliphatic rings. The van der Waals surface area contributed by atoms with Gasteiger partial charge in [0.2, 0.25) is 10.0 Å². The molecule has 108 valence electrons. The van der Waals surface area contributed by atoms with Crippen LogP contribution in [0.3, 0.4) is 0 Å². The number of esters is 1. The van der Waals surface area contributed by atoms with Crippen molar-refractivity contribution in [3.05, 3.63) is 0 Å². The van der Waals surface area contributed by atoms with Gasteiger partial charge in [-0.2, -0.15) is 0 Å².